The number of carboxylic acids is 1. The molecule has 0 fully saturated rings. The van der Waals surface area contributed by atoms with E-state index in [1.54, 1.807) is 6.92 Å². The zero-order valence-corrected chi connectivity index (χ0v) is 9.81. The van der Waals surface area contributed by atoms with Crippen LogP contribution >= 0.6 is 0 Å². The van der Waals surface area contributed by atoms with E-state index in [0.29, 0.717) is 5.56 Å². The van der Waals surface area contributed by atoms with Crippen LogP contribution in [0.15, 0.2) is 18.2 Å². The fraction of sp³-hybridized carbons (Fsp3) is 0.125. The summed E-state index contributed by atoms with van der Waals surface area (Å²) in [5.74, 6) is -1.40. The number of nitro benzene ring substituents is 1. The second-order valence-electron chi connectivity index (χ2n) is 2.54. The van der Waals surface area contributed by atoms with Crippen LogP contribution in [0.2, 0.25) is 0 Å². The van der Waals surface area contributed by atoms with E-state index in [0.717, 1.165) is 6.07 Å². The first kappa shape index (κ1) is 13.1. The molecule has 0 aromatic heterocycles. The SMILES string of the molecule is Cc1ccc([N+](=O)[O-])cc1C(=O)[O-].[Na+]. The number of hydrogen-bond donors (Lipinski definition) is 0. The topological polar surface area (TPSA) is 83.3 Å². The number of aromatic carboxylic acids is 1. The number of carboxylic acid groups (broad SMARTS) is 1. The van der Waals surface area contributed by atoms with Crippen molar-refractivity contribution >= 4 is 11.7 Å². The van der Waals surface area contributed by atoms with Crippen LogP contribution in [-0.4, -0.2) is 10.9 Å². The van der Waals surface area contributed by atoms with Crippen LogP contribution in [0.3, 0.4) is 0 Å². The van der Waals surface area contributed by atoms with Crippen LogP contribution in [0.1, 0.15) is 15.9 Å². The molecule has 0 bridgehead atoms. The van der Waals surface area contributed by atoms with Gasteiger partial charge in [0.1, 0.15) is 0 Å². The van der Waals surface area contributed by atoms with Crippen molar-refractivity contribution in [2.45, 2.75) is 6.92 Å². The molecule has 0 N–H and O–H groups in total. The number of rotatable bonds is 2. The number of benzene rings is 1. The summed E-state index contributed by atoms with van der Waals surface area (Å²) in [6, 6.07) is 3.62. The van der Waals surface area contributed by atoms with E-state index in [-0.39, 0.29) is 40.8 Å². The quantitative estimate of drug-likeness (QED) is 0.297. The first-order chi connectivity index (χ1) is 6.02. The summed E-state index contributed by atoms with van der Waals surface area (Å²) in [4.78, 5) is 20.1. The van der Waals surface area contributed by atoms with Gasteiger partial charge in [0.05, 0.1) is 10.9 Å². The van der Waals surface area contributed by atoms with Gasteiger partial charge in [-0.25, -0.2) is 0 Å². The van der Waals surface area contributed by atoms with Crippen LogP contribution in [-0.2, 0) is 0 Å². The van der Waals surface area contributed by atoms with E-state index in [9.17, 15) is 20.0 Å². The number of non-ortho nitro benzene ring substituents is 1. The molecule has 0 spiro atoms. The Balaban J connectivity index is 0.00000169. The van der Waals surface area contributed by atoms with Crippen molar-refractivity contribution in [2.24, 2.45) is 0 Å². The van der Waals surface area contributed by atoms with E-state index >= 15 is 0 Å². The van der Waals surface area contributed by atoms with Crippen LogP contribution < -0.4 is 34.7 Å². The Hall–Kier alpha value is -0.910. The van der Waals surface area contributed by atoms with Crippen LogP contribution in [0.25, 0.3) is 0 Å². The first-order valence-corrected chi connectivity index (χ1v) is 3.49. The van der Waals surface area contributed by atoms with Gasteiger partial charge in [-0.15, -0.1) is 0 Å². The Morgan fingerprint density at radius 3 is 2.43 bits per heavy atom. The van der Waals surface area contributed by atoms with Crippen molar-refractivity contribution in [3.63, 3.8) is 0 Å². The van der Waals surface area contributed by atoms with Crippen molar-refractivity contribution in [3.05, 3.63) is 39.4 Å². The molecular formula is C8H6NNaO4. The predicted octanol–water partition coefficient (Wildman–Crippen LogP) is -2.73. The van der Waals surface area contributed by atoms with Gasteiger partial charge in [0.25, 0.3) is 5.69 Å². The number of nitro groups is 1. The molecule has 0 amide bonds. The Labute approximate surface area is 102 Å². The van der Waals surface area contributed by atoms with Crippen LogP contribution in [0.4, 0.5) is 5.69 Å². The summed E-state index contributed by atoms with van der Waals surface area (Å²) in [5, 5.41) is 20.7. The molecule has 0 saturated carbocycles. The summed E-state index contributed by atoms with van der Waals surface area (Å²) in [7, 11) is 0. The zero-order chi connectivity index (χ0) is 10.0. The van der Waals surface area contributed by atoms with E-state index < -0.39 is 10.9 Å². The minimum atomic E-state index is -1.40. The molecule has 0 unspecified atom stereocenters. The second-order valence-corrected chi connectivity index (χ2v) is 2.54. The Kier molecular flexibility index (Phi) is 4.76. The molecule has 0 aliphatic carbocycles. The molecule has 1 aromatic carbocycles. The molecule has 5 nitrogen and oxygen atoms in total. The smallest absolute Gasteiger partial charge is 0.545 e. The largest absolute Gasteiger partial charge is 1.00 e. The number of carbonyl (C=O) groups excluding carboxylic acids is 1. The average Bonchev–Trinajstić information content (AvgIpc) is 2.04. The summed E-state index contributed by atoms with van der Waals surface area (Å²) in [6.07, 6.45) is 0. The van der Waals surface area contributed by atoms with Gasteiger partial charge in [0.15, 0.2) is 0 Å². The Morgan fingerprint density at radius 1 is 1.43 bits per heavy atom. The number of hydrogen-bond acceptors (Lipinski definition) is 4. The minimum absolute atomic E-state index is 0. The van der Waals surface area contributed by atoms with Gasteiger partial charge in [-0.05, 0) is 12.5 Å². The average molecular weight is 203 g/mol. The second kappa shape index (κ2) is 5.09. The zero-order valence-electron chi connectivity index (χ0n) is 7.81. The molecule has 6 heteroatoms. The standard InChI is InChI=1S/C8H7NO4.Na/c1-5-2-3-6(9(12)13)4-7(5)8(10)11;/h2-4H,1H3,(H,10,11);/q;+1/p-1. The monoisotopic (exact) mass is 203 g/mol. The number of carbonyl (C=O) groups is 1. The molecule has 0 atom stereocenters. The number of aryl methyl sites for hydroxylation is 1. The van der Waals surface area contributed by atoms with E-state index in [4.69, 9.17) is 0 Å². The molecule has 1 rings (SSSR count). The summed E-state index contributed by atoms with van der Waals surface area (Å²) in [6.45, 7) is 1.55. The third-order valence-corrected chi connectivity index (χ3v) is 1.65. The molecule has 14 heavy (non-hydrogen) atoms. The summed E-state index contributed by atoms with van der Waals surface area (Å²) >= 11 is 0. The van der Waals surface area contributed by atoms with Gasteiger partial charge in [-0.2, -0.15) is 0 Å². The van der Waals surface area contributed by atoms with Gasteiger partial charge in [0, 0.05) is 17.7 Å². The maximum atomic E-state index is 10.5. The van der Waals surface area contributed by atoms with Crippen molar-refractivity contribution in [1.29, 1.82) is 0 Å². The van der Waals surface area contributed by atoms with Crippen LogP contribution in [0.5, 0.6) is 0 Å². The van der Waals surface area contributed by atoms with Crippen molar-refractivity contribution in [2.75, 3.05) is 0 Å². The van der Waals surface area contributed by atoms with E-state index in [2.05, 4.69) is 0 Å². The van der Waals surface area contributed by atoms with E-state index in [1.807, 2.05) is 0 Å². The molecule has 1 aromatic rings. The molecule has 0 aliphatic heterocycles. The molecule has 0 heterocycles. The Morgan fingerprint density at radius 2 is 2.00 bits per heavy atom. The normalized spacial score (nSPS) is 8.93. The maximum Gasteiger partial charge on any atom is 1.00 e. The first-order valence-electron chi connectivity index (χ1n) is 3.49. The van der Waals surface area contributed by atoms with Gasteiger partial charge < -0.3 is 9.90 Å². The van der Waals surface area contributed by atoms with E-state index in [1.165, 1.54) is 12.1 Å². The van der Waals surface area contributed by atoms with Gasteiger partial charge in [0.2, 0.25) is 0 Å². The fourth-order valence-corrected chi connectivity index (χ4v) is 0.943. The summed E-state index contributed by atoms with van der Waals surface area (Å²) in [5.41, 5.74) is 0.0598. The third kappa shape index (κ3) is 2.80. The van der Waals surface area contributed by atoms with Crippen molar-refractivity contribution in [3.8, 4) is 0 Å². The van der Waals surface area contributed by atoms with Gasteiger partial charge >= 0.3 is 29.6 Å². The molecule has 0 saturated heterocycles. The number of nitrogens with zero attached hydrogens (tertiary/aromatic N) is 1. The third-order valence-electron chi connectivity index (χ3n) is 1.65. The van der Waals surface area contributed by atoms with Crippen LogP contribution in [0, 0.1) is 17.0 Å². The predicted molar refractivity (Wildman–Crippen MR) is 42.2 cm³/mol. The minimum Gasteiger partial charge on any atom is -0.545 e. The molecule has 68 valence electrons. The summed E-state index contributed by atoms with van der Waals surface area (Å²) < 4.78 is 0. The molecular weight excluding hydrogens is 197 g/mol. The van der Waals surface area contributed by atoms with Crippen molar-refractivity contribution < 1.29 is 44.4 Å². The molecule has 0 aliphatic rings. The fourth-order valence-electron chi connectivity index (χ4n) is 0.943. The Bertz CT molecular complexity index is 378. The van der Waals surface area contributed by atoms with Gasteiger partial charge in [-0.1, -0.05) is 6.07 Å². The van der Waals surface area contributed by atoms with Crippen molar-refractivity contribution in [1.82, 2.24) is 0 Å². The maximum absolute atomic E-state index is 10.5. The van der Waals surface area contributed by atoms with Gasteiger partial charge in [-0.3, -0.25) is 10.1 Å². The molecule has 0 radical (unpaired) electrons.